The maximum absolute atomic E-state index is 13.8. The van der Waals surface area contributed by atoms with E-state index in [-0.39, 0.29) is 5.91 Å². The minimum atomic E-state index is 0.161. The highest BCUT2D eigenvalue weighted by Gasteiger charge is 2.27. The fraction of sp³-hybridized carbons (Fsp3) is 0.469. The van der Waals surface area contributed by atoms with Crippen molar-refractivity contribution in [2.45, 2.75) is 90.3 Å². The van der Waals surface area contributed by atoms with E-state index in [0.29, 0.717) is 12.6 Å². The highest BCUT2D eigenvalue weighted by molar-refractivity contribution is 5.94. The van der Waals surface area contributed by atoms with E-state index >= 15 is 0 Å². The lowest BCUT2D eigenvalue weighted by atomic mass is 9.93. The van der Waals surface area contributed by atoms with E-state index in [4.69, 9.17) is 4.74 Å². The van der Waals surface area contributed by atoms with Crippen LogP contribution in [0.3, 0.4) is 0 Å². The van der Waals surface area contributed by atoms with Gasteiger partial charge in [-0.1, -0.05) is 69.7 Å². The molecule has 0 saturated heterocycles. The first kappa shape index (κ1) is 26.1. The third-order valence-corrected chi connectivity index (χ3v) is 7.54. The van der Waals surface area contributed by atoms with E-state index < -0.39 is 0 Å². The van der Waals surface area contributed by atoms with Crippen molar-refractivity contribution >= 4 is 5.91 Å². The molecular weight excluding hydrogens is 444 g/mol. The van der Waals surface area contributed by atoms with Crippen LogP contribution < -0.4 is 4.74 Å². The lowest BCUT2D eigenvalue weighted by molar-refractivity contribution is 0.0608. The van der Waals surface area contributed by atoms with Crippen molar-refractivity contribution in [2.75, 3.05) is 7.11 Å². The van der Waals surface area contributed by atoms with Gasteiger partial charge in [-0.05, 0) is 73.2 Å². The minimum Gasteiger partial charge on any atom is -0.497 e. The number of benzene rings is 2. The first-order chi connectivity index (χ1) is 17.7. The Morgan fingerprint density at radius 1 is 0.944 bits per heavy atom. The summed E-state index contributed by atoms with van der Waals surface area (Å²) in [6, 6.07) is 21.2. The standard InChI is InChI=1S/C32H42N2O2/c1-3-4-5-7-12-26-18-20-28(21-19-26)32(35)34(29-14-8-6-9-15-29)25-30-16-11-22-33(30)24-27-13-10-17-31(23-27)36-2/h10-11,13,16-23,29H,3-9,12,14-15,24-25H2,1-2H3. The average Bonchev–Trinajstić information content (AvgIpc) is 3.36. The Morgan fingerprint density at radius 3 is 2.50 bits per heavy atom. The molecule has 36 heavy (non-hydrogen) atoms. The maximum atomic E-state index is 13.8. The number of ether oxygens (including phenoxy) is 1. The smallest absolute Gasteiger partial charge is 0.254 e. The number of aryl methyl sites for hydroxylation is 1. The predicted molar refractivity (Wildman–Crippen MR) is 148 cm³/mol. The second-order valence-corrected chi connectivity index (χ2v) is 10.2. The van der Waals surface area contributed by atoms with Crippen molar-refractivity contribution in [3.05, 3.63) is 89.2 Å². The number of carbonyl (C=O) groups excluding carboxylic acids is 1. The lowest BCUT2D eigenvalue weighted by Gasteiger charge is -2.35. The number of hydrogen-bond donors (Lipinski definition) is 0. The van der Waals surface area contributed by atoms with E-state index in [2.05, 4.69) is 59.0 Å². The van der Waals surface area contributed by atoms with Crippen molar-refractivity contribution in [3.63, 3.8) is 0 Å². The lowest BCUT2D eigenvalue weighted by Crippen LogP contribution is -2.41. The first-order valence-corrected chi connectivity index (χ1v) is 13.8. The Bertz CT molecular complexity index is 1080. The predicted octanol–water partition coefficient (Wildman–Crippen LogP) is 7.64. The van der Waals surface area contributed by atoms with Crippen molar-refractivity contribution < 1.29 is 9.53 Å². The normalized spacial score (nSPS) is 14.1. The molecule has 0 radical (unpaired) electrons. The molecule has 1 aromatic heterocycles. The monoisotopic (exact) mass is 486 g/mol. The van der Waals surface area contributed by atoms with Crippen LogP contribution in [0.25, 0.3) is 0 Å². The number of unbranched alkanes of at least 4 members (excludes halogenated alkanes) is 3. The van der Waals surface area contributed by atoms with Gasteiger partial charge in [0.1, 0.15) is 5.75 Å². The molecule has 1 saturated carbocycles. The summed E-state index contributed by atoms with van der Waals surface area (Å²) >= 11 is 0. The largest absolute Gasteiger partial charge is 0.497 e. The summed E-state index contributed by atoms with van der Waals surface area (Å²) in [6.45, 7) is 3.65. The van der Waals surface area contributed by atoms with Gasteiger partial charge in [0.05, 0.1) is 13.7 Å². The molecule has 1 heterocycles. The summed E-state index contributed by atoms with van der Waals surface area (Å²) in [5.41, 5.74) is 4.50. The number of carbonyl (C=O) groups is 1. The summed E-state index contributed by atoms with van der Waals surface area (Å²) in [4.78, 5) is 16.0. The van der Waals surface area contributed by atoms with Crippen LogP contribution in [0, 0.1) is 0 Å². The third kappa shape index (κ3) is 7.02. The van der Waals surface area contributed by atoms with Gasteiger partial charge >= 0.3 is 0 Å². The highest BCUT2D eigenvalue weighted by atomic mass is 16.5. The van der Waals surface area contributed by atoms with E-state index in [0.717, 1.165) is 37.1 Å². The first-order valence-electron chi connectivity index (χ1n) is 13.8. The number of aromatic nitrogens is 1. The molecule has 1 amide bonds. The molecule has 4 rings (SSSR count). The van der Waals surface area contributed by atoms with E-state index in [9.17, 15) is 4.79 Å². The zero-order valence-electron chi connectivity index (χ0n) is 22.1. The molecule has 0 N–H and O–H groups in total. The van der Waals surface area contributed by atoms with Gasteiger partial charge in [0.2, 0.25) is 0 Å². The fourth-order valence-electron chi connectivity index (χ4n) is 5.38. The van der Waals surface area contributed by atoms with Gasteiger partial charge in [-0.3, -0.25) is 4.79 Å². The molecule has 0 aliphatic heterocycles. The zero-order valence-corrected chi connectivity index (χ0v) is 22.1. The van der Waals surface area contributed by atoms with Crippen LogP contribution in [0.5, 0.6) is 5.75 Å². The Balaban J connectivity index is 1.49. The van der Waals surface area contributed by atoms with Crippen molar-refractivity contribution in [1.82, 2.24) is 9.47 Å². The molecule has 1 aliphatic rings. The SMILES string of the molecule is CCCCCCc1ccc(C(=O)N(Cc2cccn2Cc2cccc(OC)c2)C2CCCCC2)cc1. The van der Waals surface area contributed by atoms with Crippen LogP contribution in [0.1, 0.15) is 91.9 Å². The van der Waals surface area contributed by atoms with E-state index in [1.54, 1.807) is 7.11 Å². The molecule has 3 aromatic rings. The van der Waals surface area contributed by atoms with Gasteiger partial charge < -0.3 is 14.2 Å². The molecule has 1 fully saturated rings. The van der Waals surface area contributed by atoms with Crippen LogP contribution in [-0.2, 0) is 19.5 Å². The third-order valence-electron chi connectivity index (χ3n) is 7.54. The Morgan fingerprint density at radius 2 is 1.75 bits per heavy atom. The molecule has 192 valence electrons. The number of amides is 1. The summed E-state index contributed by atoms with van der Waals surface area (Å²) in [7, 11) is 1.70. The molecule has 0 bridgehead atoms. The van der Waals surface area contributed by atoms with Gasteiger partial charge in [0.25, 0.3) is 5.91 Å². The number of methoxy groups -OCH3 is 1. The summed E-state index contributed by atoms with van der Waals surface area (Å²) in [5, 5.41) is 0. The molecule has 0 unspecified atom stereocenters. The van der Waals surface area contributed by atoms with Crippen LogP contribution in [0.15, 0.2) is 66.9 Å². The zero-order chi connectivity index (χ0) is 25.2. The summed E-state index contributed by atoms with van der Waals surface area (Å²) in [5.74, 6) is 1.03. The Hall–Kier alpha value is -3.01. The van der Waals surface area contributed by atoms with Crippen LogP contribution in [0.4, 0.5) is 0 Å². The topological polar surface area (TPSA) is 34.5 Å². The highest BCUT2D eigenvalue weighted by Crippen LogP contribution is 2.26. The van der Waals surface area contributed by atoms with Gasteiger partial charge in [0.15, 0.2) is 0 Å². The number of rotatable bonds is 12. The molecule has 2 aromatic carbocycles. The Kier molecular flexibility index (Phi) is 9.66. The molecule has 1 aliphatic carbocycles. The van der Waals surface area contributed by atoms with E-state index in [1.165, 1.54) is 61.8 Å². The summed E-state index contributed by atoms with van der Waals surface area (Å²) in [6.07, 6.45) is 14.1. The quantitative estimate of drug-likeness (QED) is 0.247. The van der Waals surface area contributed by atoms with Crippen LogP contribution in [0.2, 0.25) is 0 Å². The maximum Gasteiger partial charge on any atom is 0.254 e. The molecule has 0 atom stereocenters. The van der Waals surface area contributed by atoms with Gasteiger partial charge in [-0.15, -0.1) is 0 Å². The fourth-order valence-corrected chi connectivity index (χ4v) is 5.38. The van der Waals surface area contributed by atoms with Crippen LogP contribution in [-0.4, -0.2) is 28.5 Å². The number of nitrogens with zero attached hydrogens (tertiary/aromatic N) is 2. The second-order valence-electron chi connectivity index (χ2n) is 10.2. The molecule has 0 spiro atoms. The Labute approximate surface area is 217 Å². The van der Waals surface area contributed by atoms with E-state index in [1.807, 2.05) is 24.3 Å². The minimum absolute atomic E-state index is 0.161. The average molecular weight is 487 g/mol. The summed E-state index contributed by atoms with van der Waals surface area (Å²) < 4.78 is 7.67. The van der Waals surface area contributed by atoms with Crippen LogP contribution >= 0.6 is 0 Å². The molecule has 4 nitrogen and oxygen atoms in total. The molecule has 4 heteroatoms. The van der Waals surface area contributed by atoms with Gasteiger partial charge in [-0.25, -0.2) is 0 Å². The second kappa shape index (κ2) is 13.3. The molecular formula is C32H42N2O2. The van der Waals surface area contributed by atoms with Gasteiger partial charge in [0, 0.05) is 30.0 Å². The van der Waals surface area contributed by atoms with Crippen molar-refractivity contribution in [1.29, 1.82) is 0 Å². The van der Waals surface area contributed by atoms with Crippen molar-refractivity contribution in [2.24, 2.45) is 0 Å². The van der Waals surface area contributed by atoms with Gasteiger partial charge in [-0.2, -0.15) is 0 Å². The van der Waals surface area contributed by atoms with Crippen molar-refractivity contribution in [3.8, 4) is 5.75 Å². The number of hydrogen-bond acceptors (Lipinski definition) is 2.